The van der Waals surface area contributed by atoms with Gasteiger partial charge in [0.25, 0.3) is 0 Å². The molecule has 70 heavy (non-hydrogen) atoms. The molecule has 0 saturated carbocycles. The van der Waals surface area contributed by atoms with E-state index in [1.807, 2.05) is 0 Å². The smallest absolute Gasteiger partial charge is 0.306 e. The molecule has 416 valence electrons. The molecule has 0 heterocycles. The third-order valence-electron chi connectivity index (χ3n) is 14.9. The number of carbonyl (C=O) groups is 3. The fraction of sp³-hybridized carbons (Fsp3) is 0.953. The van der Waals surface area contributed by atoms with Crippen LogP contribution in [0.3, 0.4) is 0 Å². The van der Waals surface area contributed by atoms with Crippen molar-refractivity contribution in [3.05, 3.63) is 0 Å². The molecule has 0 amide bonds. The summed E-state index contributed by atoms with van der Waals surface area (Å²) in [7, 11) is 0. The monoisotopic (exact) mass is 989 g/mol. The molecular formula is C64H124O6. The largest absolute Gasteiger partial charge is 0.462 e. The Morgan fingerprint density at radius 3 is 0.571 bits per heavy atom. The Balaban J connectivity index is 4.27. The average Bonchev–Trinajstić information content (AvgIpc) is 3.36. The molecule has 0 radical (unpaired) electrons. The van der Waals surface area contributed by atoms with Crippen LogP contribution in [0.5, 0.6) is 0 Å². The predicted octanol–water partition coefficient (Wildman–Crippen LogP) is 21.5. The van der Waals surface area contributed by atoms with Gasteiger partial charge < -0.3 is 14.2 Å². The van der Waals surface area contributed by atoms with E-state index < -0.39 is 6.10 Å². The topological polar surface area (TPSA) is 78.9 Å². The summed E-state index contributed by atoms with van der Waals surface area (Å²) in [6.07, 6.45) is 68.2. The first-order chi connectivity index (χ1) is 34.5. The maximum Gasteiger partial charge on any atom is 0.306 e. The van der Waals surface area contributed by atoms with E-state index in [0.29, 0.717) is 19.3 Å². The van der Waals surface area contributed by atoms with Crippen LogP contribution in [0.25, 0.3) is 0 Å². The fourth-order valence-electron chi connectivity index (χ4n) is 10.0. The van der Waals surface area contributed by atoms with Crippen molar-refractivity contribution in [3.8, 4) is 0 Å². The summed E-state index contributed by atoms with van der Waals surface area (Å²) in [4.78, 5) is 38.3. The van der Waals surface area contributed by atoms with Gasteiger partial charge in [0, 0.05) is 19.3 Å². The number of hydrogen-bond donors (Lipinski definition) is 0. The molecule has 0 bridgehead atoms. The lowest BCUT2D eigenvalue weighted by atomic mass is 10.0. The number of esters is 3. The van der Waals surface area contributed by atoms with Crippen LogP contribution in [-0.2, 0) is 28.6 Å². The van der Waals surface area contributed by atoms with Crippen LogP contribution < -0.4 is 0 Å². The highest BCUT2D eigenvalue weighted by molar-refractivity contribution is 5.71. The van der Waals surface area contributed by atoms with E-state index in [0.717, 1.165) is 57.8 Å². The molecule has 6 heteroatoms. The summed E-state index contributed by atoms with van der Waals surface area (Å²) in [5.74, 6) is -0.824. The molecule has 6 nitrogen and oxygen atoms in total. The van der Waals surface area contributed by atoms with Gasteiger partial charge in [-0.25, -0.2) is 0 Å². The lowest BCUT2D eigenvalue weighted by Crippen LogP contribution is -2.30. The summed E-state index contributed by atoms with van der Waals surface area (Å²) in [6, 6.07) is 0. The minimum Gasteiger partial charge on any atom is -0.462 e. The van der Waals surface area contributed by atoms with E-state index in [9.17, 15) is 14.4 Å². The van der Waals surface area contributed by atoms with Crippen LogP contribution in [0.1, 0.15) is 374 Å². The molecule has 0 aliphatic carbocycles. The SMILES string of the molecule is CCCCCCCCCCCCCCCCCCCCCC(=O)OCC(COC(=O)CCCCCCCCCCCCCCCCC)OC(=O)CCCCCCCCCCCCCCCCCCCC. The molecule has 0 aromatic heterocycles. The van der Waals surface area contributed by atoms with Crippen LogP contribution in [-0.4, -0.2) is 37.2 Å². The van der Waals surface area contributed by atoms with Crippen LogP contribution in [0.4, 0.5) is 0 Å². The molecule has 0 aromatic rings. The van der Waals surface area contributed by atoms with Gasteiger partial charge in [-0.1, -0.05) is 335 Å². The Kier molecular flexibility index (Phi) is 58.6. The van der Waals surface area contributed by atoms with Gasteiger partial charge in [0.1, 0.15) is 13.2 Å². The molecule has 1 atom stereocenters. The van der Waals surface area contributed by atoms with E-state index in [-0.39, 0.29) is 31.1 Å². The zero-order valence-electron chi connectivity index (χ0n) is 47.8. The maximum atomic E-state index is 12.9. The second kappa shape index (κ2) is 60.0. The Hall–Kier alpha value is -1.59. The van der Waals surface area contributed by atoms with Crippen molar-refractivity contribution in [2.24, 2.45) is 0 Å². The van der Waals surface area contributed by atoms with Gasteiger partial charge >= 0.3 is 17.9 Å². The van der Waals surface area contributed by atoms with Crippen LogP contribution in [0.15, 0.2) is 0 Å². The number of ether oxygens (including phenoxy) is 3. The number of carbonyl (C=O) groups excluding carboxylic acids is 3. The van der Waals surface area contributed by atoms with Crippen molar-refractivity contribution < 1.29 is 28.6 Å². The van der Waals surface area contributed by atoms with Gasteiger partial charge in [-0.05, 0) is 19.3 Å². The molecule has 1 unspecified atom stereocenters. The summed E-state index contributed by atoms with van der Waals surface area (Å²) in [5.41, 5.74) is 0. The van der Waals surface area contributed by atoms with E-state index >= 15 is 0 Å². The van der Waals surface area contributed by atoms with E-state index in [1.165, 1.54) is 276 Å². The third-order valence-corrected chi connectivity index (χ3v) is 14.9. The molecule has 0 fully saturated rings. The van der Waals surface area contributed by atoms with Crippen molar-refractivity contribution >= 4 is 17.9 Å². The van der Waals surface area contributed by atoms with Crippen molar-refractivity contribution in [1.82, 2.24) is 0 Å². The molecule has 0 aromatic carbocycles. The predicted molar refractivity (Wildman–Crippen MR) is 303 cm³/mol. The van der Waals surface area contributed by atoms with Crippen LogP contribution in [0.2, 0.25) is 0 Å². The van der Waals surface area contributed by atoms with Crippen molar-refractivity contribution in [2.75, 3.05) is 13.2 Å². The molecular weight excluding hydrogens is 865 g/mol. The van der Waals surface area contributed by atoms with Crippen molar-refractivity contribution in [3.63, 3.8) is 0 Å². The Morgan fingerprint density at radius 2 is 0.386 bits per heavy atom. The highest BCUT2D eigenvalue weighted by atomic mass is 16.6. The van der Waals surface area contributed by atoms with Gasteiger partial charge in [0.05, 0.1) is 0 Å². The Labute approximate surface area is 438 Å². The molecule has 0 N–H and O–H groups in total. The van der Waals surface area contributed by atoms with Gasteiger partial charge in [-0.2, -0.15) is 0 Å². The zero-order chi connectivity index (χ0) is 50.7. The second-order valence-electron chi connectivity index (χ2n) is 22.1. The molecule has 0 spiro atoms. The number of rotatable bonds is 60. The highest BCUT2D eigenvalue weighted by Crippen LogP contribution is 2.19. The molecule has 0 rings (SSSR count). The maximum absolute atomic E-state index is 12.9. The number of unbranched alkanes of at least 4 members (excludes halogenated alkanes) is 49. The standard InChI is InChI=1S/C64H124O6/c1-4-7-10-13-16-19-22-25-28-30-32-34-36-39-42-45-48-51-54-57-63(66)69-60-61(59-68-62(65)56-53-50-47-44-41-38-35-27-24-21-18-15-12-9-6-3)70-64(67)58-55-52-49-46-43-40-37-33-31-29-26-23-20-17-14-11-8-5-2/h61H,4-60H2,1-3H3. The first-order valence-electron chi connectivity index (χ1n) is 32.0. The highest BCUT2D eigenvalue weighted by Gasteiger charge is 2.19. The first-order valence-corrected chi connectivity index (χ1v) is 32.0. The minimum absolute atomic E-state index is 0.0605. The quantitative estimate of drug-likeness (QED) is 0.0343. The van der Waals surface area contributed by atoms with Gasteiger partial charge in [0.15, 0.2) is 6.10 Å². The third kappa shape index (κ3) is 57.3. The van der Waals surface area contributed by atoms with Crippen molar-refractivity contribution in [2.45, 2.75) is 380 Å². The normalized spacial score (nSPS) is 11.9. The van der Waals surface area contributed by atoms with Crippen LogP contribution in [0, 0.1) is 0 Å². The Bertz CT molecular complexity index is 1040. The summed E-state index contributed by atoms with van der Waals surface area (Å²) >= 11 is 0. The lowest BCUT2D eigenvalue weighted by Gasteiger charge is -2.18. The lowest BCUT2D eigenvalue weighted by molar-refractivity contribution is -0.167. The van der Waals surface area contributed by atoms with E-state index in [1.54, 1.807) is 0 Å². The van der Waals surface area contributed by atoms with Crippen LogP contribution >= 0.6 is 0 Å². The van der Waals surface area contributed by atoms with Gasteiger partial charge in [-0.15, -0.1) is 0 Å². The van der Waals surface area contributed by atoms with E-state index in [4.69, 9.17) is 14.2 Å². The fourth-order valence-corrected chi connectivity index (χ4v) is 10.0. The van der Waals surface area contributed by atoms with Crippen molar-refractivity contribution in [1.29, 1.82) is 0 Å². The summed E-state index contributed by atoms with van der Waals surface area (Å²) in [5, 5.41) is 0. The molecule has 0 aliphatic heterocycles. The first kappa shape index (κ1) is 68.4. The average molecular weight is 990 g/mol. The van der Waals surface area contributed by atoms with E-state index in [2.05, 4.69) is 20.8 Å². The van der Waals surface area contributed by atoms with Gasteiger partial charge in [-0.3, -0.25) is 14.4 Å². The zero-order valence-corrected chi connectivity index (χ0v) is 47.8. The van der Waals surface area contributed by atoms with Gasteiger partial charge in [0.2, 0.25) is 0 Å². The Morgan fingerprint density at radius 1 is 0.229 bits per heavy atom. The number of hydrogen-bond acceptors (Lipinski definition) is 6. The molecule has 0 aliphatic rings. The minimum atomic E-state index is -0.762. The summed E-state index contributed by atoms with van der Waals surface area (Å²) < 4.78 is 17.0. The molecule has 0 saturated heterocycles. The summed E-state index contributed by atoms with van der Waals surface area (Å²) in [6.45, 7) is 6.73. The second-order valence-corrected chi connectivity index (χ2v) is 22.1.